The molecule has 1 unspecified atom stereocenters. The largest absolute Gasteiger partial charge is 0.354 e. The van der Waals surface area contributed by atoms with Crippen LogP contribution in [0.2, 0.25) is 0 Å². The van der Waals surface area contributed by atoms with Crippen molar-refractivity contribution >= 4 is 0 Å². The van der Waals surface area contributed by atoms with Crippen LogP contribution in [0, 0.1) is 0 Å². The molecule has 15 heavy (non-hydrogen) atoms. The van der Waals surface area contributed by atoms with Gasteiger partial charge in [-0.1, -0.05) is 0 Å². The number of methoxy groups -OCH3 is 2. The molecule has 0 aliphatic heterocycles. The summed E-state index contributed by atoms with van der Waals surface area (Å²) in [6, 6.07) is 2.11. The van der Waals surface area contributed by atoms with E-state index in [0.29, 0.717) is 0 Å². The molecular weight excluding hydrogens is 194 g/mol. The fraction of sp³-hybridized carbons (Fsp3) is 0.700. The second kappa shape index (κ2) is 5.85. The average molecular weight is 213 g/mol. The molecule has 0 radical (unpaired) electrons. The van der Waals surface area contributed by atoms with Crippen molar-refractivity contribution in [3.05, 3.63) is 18.0 Å². The molecule has 0 aliphatic carbocycles. The first kappa shape index (κ1) is 12.2. The predicted molar refractivity (Wildman–Crippen MR) is 57.3 cm³/mol. The Balaban J connectivity index is 2.40. The SMILES string of the molecule is COC(OC)C(C)NCc1ccnn1C. The van der Waals surface area contributed by atoms with E-state index >= 15 is 0 Å². The second-order valence-electron chi connectivity index (χ2n) is 3.46. The van der Waals surface area contributed by atoms with E-state index in [4.69, 9.17) is 9.47 Å². The highest BCUT2D eigenvalue weighted by molar-refractivity contribution is 4.99. The van der Waals surface area contributed by atoms with Crippen molar-refractivity contribution in [3.63, 3.8) is 0 Å². The van der Waals surface area contributed by atoms with Crippen LogP contribution in [0.25, 0.3) is 0 Å². The van der Waals surface area contributed by atoms with Gasteiger partial charge in [0, 0.05) is 34.0 Å². The summed E-state index contributed by atoms with van der Waals surface area (Å²) in [7, 11) is 5.19. The number of rotatable bonds is 6. The first-order chi connectivity index (χ1) is 7.19. The predicted octanol–water partition coefficient (Wildman–Crippen LogP) is 0.517. The standard InChI is InChI=1S/C10H19N3O2/c1-8(10(14-3)15-4)11-7-9-5-6-12-13(9)2/h5-6,8,10-11H,7H2,1-4H3. The summed E-state index contributed by atoms with van der Waals surface area (Å²) in [6.45, 7) is 2.77. The molecule has 0 spiro atoms. The van der Waals surface area contributed by atoms with E-state index in [9.17, 15) is 0 Å². The highest BCUT2D eigenvalue weighted by Crippen LogP contribution is 2.01. The van der Waals surface area contributed by atoms with Crippen LogP contribution in [-0.4, -0.2) is 36.3 Å². The third-order valence-electron chi connectivity index (χ3n) is 2.40. The highest BCUT2D eigenvalue weighted by atomic mass is 16.7. The van der Waals surface area contributed by atoms with Crippen LogP contribution in [0.4, 0.5) is 0 Å². The van der Waals surface area contributed by atoms with Crippen molar-refractivity contribution in [1.82, 2.24) is 15.1 Å². The van der Waals surface area contributed by atoms with Gasteiger partial charge in [-0.3, -0.25) is 4.68 Å². The molecule has 0 aliphatic rings. The van der Waals surface area contributed by atoms with Gasteiger partial charge in [0.05, 0.1) is 11.7 Å². The molecule has 0 bridgehead atoms. The van der Waals surface area contributed by atoms with Crippen LogP contribution in [0.1, 0.15) is 12.6 Å². The molecule has 0 amide bonds. The summed E-state index contributed by atoms with van der Waals surface area (Å²) in [5.41, 5.74) is 1.13. The summed E-state index contributed by atoms with van der Waals surface area (Å²) in [5, 5.41) is 7.41. The van der Waals surface area contributed by atoms with Gasteiger partial charge in [0.2, 0.25) is 0 Å². The van der Waals surface area contributed by atoms with Crippen LogP contribution in [0.15, 0.2) is 12.3 Å². The van der Waals surface area contributed by atoms with Crippen LogP contribution in [0.5, 0.6) is 0 Å². The number of aromatic nitrogens is 2. The van der Waals surface area contributed by atoms with E-state index in [1.165, 1.54) is 0 Å². The molecule has 0 saturated carbocycles. The Morgan fingerprint density at radius 2 is 2.13 bits per heavy atom. The topological polar surface area (TPSA) is 48.3 Å². The van der Waals surface area contributed by atoms with Crippen molar-refractivity contribution in [2.45, 2.75) is 25.8 Å². The number of nitrogens with one attached hydrogen (secondary N) is 1. The molecule has 0 aromatic carbocycles. The first-order valence-corrected chi connectivity index (χ1v) is 4.95. The van der Waals surface area contributed by atoms with Gasteiger partial charge in [-0.25, -0.2) is 0 Å². The summed E-state index contributed by atoms with van der Waals surface area (Å²) >= 11 is 0. The fourth-order valence-electron chi connectivity index (χ4n) is 1.44. The van der Waals surface area contributed by atoms with E-state index in [-0.39, 0.29) is 12.3 Å². The van der Waals surface area contributed by atoms with Crippen molar-refractivity contribution in [1.29, 1.82) is 0 Å². The second-order valence-corrected chi connectivity index (χ2v) is 3.46. The Labute approximate surface area is 90.4 Å². The zero-order valence-corrected chi connectivity index (χ0v) is 9.73. The molecule has 1 rings (SSSR count). The molecule has 5 heteroatoms. The van der Waals surface area contributed by atoms with E-state index in [1.54, 1.807) is 20.4 Å². The maximum absolute atomic E-state index is 5.15. The van der Waals surface area contributed by atoms with E-state index in [2.05, 4.69) is 10.4 Å². The number of ether oxygens (including phenoxy) is 2. The third-order valence-corrected chi connectivity index (χ3v) is 2.40. The van der Waals surface area contributed by atoms with E-state index in [1.807, 2.05) is 24.7 Å². The first-order valence-electron chi connectivity index (χ1n) is 4.95. The van der Waals surface area contributed by atoms with Gasteiger partial charge >= 0.3 is 0 Å². The normalized spacial score (nSPS) is 13.4. The van der Waals surface area contributed by atoms with Gasteiger partial charge in [-0.05, 0) is 13.0 Å². The summed E-state index contributed by atoms with van der Waals surface area (Å²) in [4.78, 5) is 0. The van der Waals surface area contributed by atoms with E-state index < -0.39 is 0 Å². The van der Waals surface area contributed by atoms with Gasteiger partial charge in [0.15, 0.2) is 6.29 Å². The van der Waals surface area contributed by atoms with E-state index in [0.717, 1.165) is 12.2 Å². The molecule has 1 heterocycles. The highest BCUT2D eigenvalue weighted by Gasteiger charge is 2.15. The Hall–Kier alpha value is -0.910. The van der Waals surface area contributed by atoms with Gasteiger partial charge in [0.25, 0.3) is 0 Å². The molecule has 1 aromatic rings. The lowest BCUT2D eigenvalue weighted by Gasteiger charge is -2.22. The van der Waals surface area contributed by atoms with Gasteiger partial charge in [0.1, 0.15) is 0 Å². The zero-order valence-electron chi connectivity index (χ0n) is 9.73. The Morgan fingerprint density at radius 3 is 2.60 bits per heavy atom. The minimum atomic E-state index is -0.224. The smallest absolute Gasteiger partial charge is 0.171 e. The lowest BCUT2D eigenvalue weighted by atomic mass is 10.3. The molecule has 1 N–H and O–H groups in total. The molecular formula is C10H19N3O2. The minimum Gasteiger partial charge on any atom is -0.354 e. The Bertz CT molecular complexity index is 284. The van der Waals surface area contributed by atoms with Crippen molar-refractivity contribution in [2.24, 2.45) is 7.05 Å². The lowest BCUT2D eigenvalue weighted by Crippen LogP contribution is -2.39. The maximum atomic E-state index is 5.15. The number of hydrogen-bond donors (Lipinski definition) is 1. The van der Waals surface area contributed by atoms with Crippen LogP contribution < -0.4 is 5.32 Å². The fourth-order valence-corrected chi connectivity index (χ4v) is 1.44. The maximum Gasteiger partial charge on any atom is 0.171 e. The Morgan fingerprint density at radius 1 is 1.47 bits per heavy atom. The molecule has 1 aromatic heterocycles. The van der Waals surface area contributed by atoms with Gasteiger partial charge in [-0.2, -0.15) is 5.10 Å². The van der Waals surface area contributed by atoms with Crippen molar-refractivity contribution < 1.29 is 9.47 Å². The molecule has 0 saturated heterocycles. The number of hydrogen-bond acceptors (Lipinski definition) is 4. The Kier molecular flexibility index (Phi) is 4.74. The molecule has 1 atom stereocenters. The summed E-state index contributed by atoms with van der Waals surface area (Å²) in [6.07, 6.45) is 1.56. The number of nitrogens with zero attached hydrogens (tertiary/aromatic N) is 2. The van der Waals surface area contributed by atoms with Gasteiger partial charge in [-0.15, -0.1) is 0 Å². The third kappa shape index (κ3) is 3.30. The van der Waals surface area contributed by atoms with Crippen molar-refractivity contribution in [3.8, 4) is 0 Å². The monoisotopic (exact) mass is 213 g/mol. The molecule has 5 nitrogen and oxygen atoms in total. The summed E-state index contributed by atoms with van der Waals surface area (Å²) in [5.74, 6) is 0. The quantitative estimate of drug-likeness (QED) is 0.700. The van der Waals surface area contributed by atoms with Crippen LogP contribution in [0.3, 0.4) is 0 Å². The molecule has 86 valence electrons. The van der Waals surface area contributed by atoms with Crippen LogP contribution in [-0.2, 0) is 23.1 Å². The van der Waals surface area contributed by atoms with Gasteiger partial charge < -0.3 is 14.8 Å². The number of aryl methyl sites for hydroxylation is 1. The summed E-state index contributed by atoms with van der Waals surface area (Å²) < 4.78 is 12.2. The lowest BCUT2D eigenvalue weighted by molar-refractivity contribution is -0.119. The van der Waals surface area contributed by atoms with Crippen LogP contribution >= 0.6 is 0 Å². The zero-order chi connectivity index (χ0) is 11.3. The van der Waals surface area contributed by atoms with Crippen molar-refractivity contribution in [2.75, 3.05) is 14.2 Å². The minimum absolute atomic E-state index is 0.134. The molecule has 0 fully saturated rings. The average Bonchev–Trinajstić information content (AvgIpc) is 2.63.